The van der Waals surface area contributed by atoms with E-state index in [4.69, 9.17) is 12.2 Å². The Kier molecular flexibility index (Phi) is 6.47. The van der Waals surface area contributed by atoms with Gasteiger partial charge < -0.3 is 15.6 Å². The summed E-state index contributed by atoms with van der Waals surface area (Å²) in [6.45, 7) is 5.65. The first-order valence-electron chi connectivity index (χ1n) is 9.69. The van der Waals surface area contributed by atoms with E-state index >= 15 is 0 Å². The van der Waals surface area contributed by atoms with Gasteiger partial charge in [0.1, 0.15) is 0 Å². The van der Waals surface area contributed by atoms with Gasteiger partial charge in [-0.25, -0.2) is 0 Å². The van der Waals surface area contributed by atoms with Gasteiger partial charge in [0.15, 0.2) is 4.77 Å². The van der Waals surface area contributed by atoms with Crippen LogP contribution in [0.25, 0.3) is 10.9 Å². The minimum atomic E-state index is -0.250. The average molecular weight is 425 g/mol. The van der Waals surface area contributed by atoms with Crippen molar-refractivity contribution in [1.82, 2.24) is 9.55 Å². The minimum Gasteiger partial charge on any atom is -0.332 e. The molecule has 0 spiro atoms. The number of H-pyrrole nitrogens is 1. The SMILES string of the molecule is Cc1ccc(NC(=O)C(C)C)cc1NC(=O)CCn1c(=S)[nH]c2ccccc2c1=O. The topological polar surface area (TPSA) is 96.0 Å². The highest BCUT2D eigenvalue weighted by Gasteiger charge is 2.11. The molecule has 0 unspecified atom stereocenters. The van der Waals surface area contributed by atoms with Crippen LogP contribution >= 0.6 is 12.2 Å². The highest BCUT2D eigenvalue weighted by molar-refractivity contribution is 7.71. The largest absolute Gasteiger partial charge is 0.332 e. The molecule has 0 radical (unpaired) electrons. The fraction of sp³-hybridized carbons (Fsp3) is 0.273. The van der Waals surface area contributed by atoms with E-state index in [2.05, 4.69) is 15.6 Å². The van der Waals surface area contributed by atoms with Crippen LogP contribution in [0.15, 0.2) is 47.3 Å². The molecule has 30 heavy (non-hydrogen) atoms. The molecule has 3 rings (SSSR count). The second-order valence-electron chi connectivity index (χ2n) is 7.40. The maximum Gasteiger partial charge on any atom is 0.262 e. The summed E-state index contributed by atoms with van der Waals surface area (Å²) in [6.07, 6.45) is 0.0811. The van der Waals surface area contributed by atoms with Crippen LogP contribution in [0.1, 0.15) is 25.8 Å². The van der Waals surface area contributed by atoms with E-state index in [9.17, 15) is 14.4 Å². The highest BCUT2D eigenvalue weighted by Crippen LogP contribution is 2.21. The smallest absolute Gasteiger partial charge is 0.262 e. The Hall–Kier alpha value is -3.26. The Morgan fingerprint density at radius 2 is 1.87 bits per heavy atom. The number of benzene rings is 2. The number of hydrogen-bond acceptors (Lipinski definition) is 4. The van der Waals surface area contributed by atoms with Crippen molar-refractivity contribution in [3.05, 3.63) is 63.2 Å². The Balaban J connectivity index is 1.72. The van der Waals surface area contributed by atoms with Crippen LogP contribution in [0.2, 0.25) is 0 Å². The monoisotopic (exact) mass is 424 g/mol. The molecular weight excluding hydrogens is 400 g/mol. The van der Waals surface area contributed by atoms with Crippen molar-refractivity contribution in [2.45, 2.75) is 33.7 Å². The van der Waals surface area contributed by atoms with Crippen LogP contribution in [0.5, 0.6) is 0 Å². The summed E-state index contributed by atoms with van der Waals surface area (Å²) < 4.78 is 1.67. The number of hydrogen-bond donors (Lipinski definition) is 3. The summed E-state index contributed by atoms with van der Waals surface area (Å²) in [5.41, 5.74) is 2.53. The van der Waals surface area contributed by atoms with Crippen molar-refractivity contribution in [1.29, 1.82) is 0 Å². The molecule has 156 valence electrons. The van der Waals surface area contributed by atoms with E-state index in [-0.39, 0.29) is 41.0 Å². The molecule has 0 bridgehead atoms. The molecule has 0 fully saturated rings. The lowest BCUT2D eigenvalue weighted by Gasteiger charge is -2.13. The standard InChI is InChI=1S/C22H24N4O3S/c1-13(2)20(28)23-15-9-8-14(3)18(12-15)24-19(27)10-11-26-21(29)16-6-4-5-7-17(16)25-22(26)30/h4-9,12-13H,10-11H2,1-3H3,(H,23,28)(H,24,27)(H,25,30). The van der Waals surface area contributed by atoms with E-state index < -0.39 is 0 Å². The van der Waals surface area contributed by atoms with Crippen molar-refractivity contribution >= 4 is 46.3 Å². The van der Waals surface area contributed by atoms with Gasteiger partial charge in [0, 0.05) is 30.3 Å². The third-order valence-electron chi connectivity index (χ3n) is 4.76. The van der Waals surface area contributed by atoms with Gasteiger partial charge in [0.25, 0.3) is 5.56 Å². The van der Waals surface area contributed by atoms with Crippen molar-refractivity contribution in [2.24, 2.45) is 5.92 Å². The summed E-state index contributed by atoms with van der Waals surface area (Å²) in [6, 6.07) is 12.5. The van der Waals surface area contributed by atoms with E-state index in [0.29, 0.717) is 22.3 Å². The van der Waals surface area contributed by atoms with Gasteiger partial charge >= 0.3 is 0 Å². The lowest BCUT2D eigenvalue weighted by Crippen LogP contribution is -2.25. The molecular formula is C22H24N4O3S. The lowest BCUT2D eigenvalue weighted by molar-refractivity contribution is -0.119. The van der Waals surface area contributed by atoms with Gasteiger partial charge in [-0.05, 0) is 49.0 Å². The zero-order valence-electron chi connectivity index (χ0n) is 17.1. The third-order valence-corrected chi connectivity index (χ3v) is 5.08. The van der Waals surface area contributed by atoms with Crippen LogP contribution in [-0.2, 0) is 16.1 Å². The molecule has 3 aromatic rings. The summed E-state index contributed by atoms with van der Waals surface area (Å²) in [5, 5.41) is 6.19. The number of rotatable bonds is 6. The van der Waals surface area contributed by atoms with Crippen molar-refractivity contribution in [2.75, 3.05) is 10.6 Å². The second-order valence-corrected chi connectivity index (χ2v) is 7.79. The molecule has 1 heterocycles. The van der Waals surface area contributed by atoms with Gasteiger partial charge in [0.05, 0.1) is 10.9 Å². The van der Waals surface area contributed by atoms with Crippen LogP contribution in [0.3, 0.4) is 0 Å². The fourth-order valence-electron chi connectivity index (χ4n) is 2.95. The lowest BCUT2D eigenvalue weighted by atomic mass is 10.1. The molecule has 0 aliphatic carbocycles. The van der Waals surface area contributed by atoms with Crippen molar-refractivity contribution < 1.29 is 9.59 Å². The Morgan fingerprint density at radius 1 is 1.13 bits per heavy atom. The van der Waals surface area contributed by atoms with Crippen LogP contribution < -0.4 is 16.2 Å². The predicted octanol–water partition coefficient (Wildman–Crippen LogP) is 3.99. The first kappa shape index (κ1) is 21.4. The number of aryl methyl sites for hydroxylation is 1. The second kappa shape index (κ2) is 9.04. The summed E-state index contributed by atoms with van der Waals surface area (Å²) in [5.74, 6) is -0.491. The molecule has 2 aromatic carbocycles. The molecule has 3 N–H and O–H groups in total. The van der Waals surface area contributed by atoms with Crippen LogP contribution in [0, 0.1) is 17.6 Å². The number of anilines is 2. The first-order chi connectivity index (χ1) is 14.3. The number of carbonyl (C=O) groups excluding carboxylic acids is 2. The number of para-hydroxylation sites is 1. The molecule has 0 saturated carbocycles. The Labute approximate surface area is 179 Å². The van der Waals surface area contributed by atoms with Gasteiger partial charge in [-0.3, -0.25) is 19.0 Å². The third kappa shape index (κ3) is 4.83. The van der Waals surface area contributed by atoms with Gasteiger partial charge in [-0.15, -0.1) is 0 Å². The normalized spacial score (nSPS) is 10.9. The molecule has 2 amide bonds. The number of amides is 2. The number of fused-ring (bicyclic) bond motifs is 1. The Bertz CT molecular complexity index is 1230. The maximum atomic E-state index is 12.7. The number of carbonyl (C=O) groups is 2. The van der Waals surface area contributed by atoms with Crippen molar-refractivity contribution in [3.63, 3.8) is 0 Å². The van der Waals surface area contributed by atoms with E-state index in [1.165, 1.54) is 4.57 Å². The van der Waals surface area contributed by atoms with Crippen LogP contribution in [0.4, 0.5) is 11.4 Å². The number of aromatic nitrogens is 2. The van der Waals surface area contributed by atoms with Crippen molar-refractivity contribution in [3.8, 4) is 0 Å². The minimum absolute atomic E-state index is 0.0811. The van der Waals surface area contributed by atoms with E-state index in [0.717, 1.165) is 5.56 Å². The van der Waals surface area contributed by atoms with Crippen LogP contribution in [-0.4, -0.2) is 21.4 Å². The fourth-order valence-corrected chi connectivity index (χ4v) is 3.23. The summed E-state index contributed by atoms with van der Waals surface area (Å²) in [7, 11) is 0. The number of nitrogens with one attached hydrogen (secondary N) is 3. The molecule has 7 nitrogen and oxygen atoms in total. The van der Waals surface area contributed by atoms with E-state index in [1.54, 1.807) is 30.3 Å². The summed E-state index contributed by atoms with van der Waals surface area (Å²) in [4.78, 5) is 40.1. The molecule has 0 aliphatic heterocycles. The average Bonchev–Trinajstić information content (AvgIpc) is 2.70. The quantitative estimate of drug-likeness (QED) is 0.521. The highest BCUT2D eigenvalue weighted by atomic mass is 32.1. The molecule has 0 aliphatic rings. The molecule has 1 aromatic heterocycles. The van der Waals surface area contributed by atoms with E-state index in [1.807, 2.05) is 32.9 Å². The maximum absolute atomic E-state index is 12.7. The molecule has 0 atom stereocenters. The zero-order chi connectivity index (χ0) is 21.8. The molecule has 0 saturated heterocycles. The predicted molar refractivity (Wildman–Crippen MR) is 121 cm³/mol. The molecule has 8 heteroatoms. The first-order valence-corrected chi connectivity index (χ1v) is 10.1. The van der Waals surface area contributed by atoms with Gasteiger partial charge in [-0.1, -0.05) is 32.0 Å². The van der Waals surface area contributed by atoms with Gasteiger partial charge in [-0.2, -0.15) is 0 Å². The summed E-state index contributed by atoms with van der Waals surface area (Å²) >= 11 is 5.28. The van der Waals surface area contributed by atoms with Gasteiger partial charge in [0.2, 0.25) is 11.8 Å². The number of nitrogens with zero attached hydrogens (tertiary/aromatic N) is 1. The Morgan fingerprint density at radius 3 is 2.60 bits per heavy atom. The zero-order valence-corrected chi connectivity index (χ0v) is 17.9. The number of aromatic amines is 1.